The minimum atomic E-state index is -0.172. The highest BCUT2D eigenvalue weighted by atomic mass is 35.5. The summed E-state index contributed by atoms with van der Waals surface area (Å²) < 4.78 is 1.81. The van der Waals surface area contributed by atoms with Gasteiger partial charge in [0.25, 0.3) is 5.91 Å². The van der Waals surface area contributed by atoms with Crippen molar-refractivity contribution in [1.29, 1.82) is 0 Å². The fourth-order valence-corrected chi connectivity index (χ4v) is 3.76. The fourth-order valence-electron chi connectivity index (χ4n) is 3.56. The van der Waals surface area contributed by atoms with E-state index in [-0.39, 0.29) is 5.91 Å². The van der Waals surface area contributed by atoms with E-state index in [2.05, 4.69) is 29.5 Å². The molecule has 0 aliphatic heterocycles. The number of aromatic nitrogens is 3. The summed E-state index contributed by atoms with van der Waals surface area (Å²) in [5.74, 6) is -0.172. The van der Waals surface area contributed by atoms with E-state index in [4.69, 9.17) is 16.6 Å². The Hall–Kier alpha value is -3.18. The molecule has 5 nitrogen and oxygen atoms in total. The zero-order valence-electron chi connectivity index (χ0n) is 17.2. The van der Waals surface area contributed by atoms with Crippen molar-refractivity contribution in [3.8, 4) is 5.69 Å². The second-order valence-corrected chi connectivity index (χ2v) is 7.71. The predicted octanol–water partition coefficient (Wildman–Crippen LogP) is 5.18. The number of pyridine rings is 1. The van der Waals surface area contributed by atoms with Crippen molar-refractivity contribution in [1.82, 2.24) is 20.1 Å². The smallest absolute Gasteiger partial charge is 0.252 e. The van der Waals surface area contributed by atoms with Crippen LogP contribution in [-0.2, 0) is 13.0 Å². The SMILES string of the molecule is CCc1ccc(-n2nc(C)c3c(C(=O)NCc4ccccc4Cl)cc(C)nc32)cc1. The van der Waals surface area contributed by atoms with Crippen molar-refractivity contribution < 1.29 is 4.79 Å². The fraction of sp³-hybridized carbons (Fsp3) is 0.208. The molecule has 4 rings (SSSR count). The zero-order chi connectivity index (χ0) is 21.3. The number of hydrogen-bond donors (Lipinski definition) is 1. The maximum Gasteiger partial charge on any atom is 0.252 e. The number of carbonyl (C=O) groups is 1. The first-order chi connectivity index (χ1) is 14.5. The van der Waals surface area contributed by atoms with E-state index in [0.717, 1.165) is 34.4 Å². The minimum Gasteiger partial charge on any atom is -0.348 e. The van der Waals surface area contributed by atoms with Crippen LogP contribution in [-0.4, -0.2) is 20.7 Å². The van der Waals surface area contributed by atoms with Gasteiger partial charge in [-0.15, -0.1) is 0 Å². The van der Waals surface area contributed by atoms with Crippen LogP contribution in [0.25, 0.3) is 16.7 Å². The van der Waals surface area contributed by atoms with Gasteiger partial charge in [-0.3, -0.25) is 4.79 Å². The summed E-state index contributed by atoms with van der Waals surface area (Å²) in [6.07, 6.45) is 0.978. The van der Waals surface area contributed by atoms with Gasteiger partial charge in [-0.1, -0.05) is 48.9 Å². The highest BCUT2D eigenvalue weighted by molar-refractivity contribution is 6.31. The van der Waals surface area contributed by atoms with E-state index in [9.17, 15) is 4.79 Å². The lowest BCUT2D eigenvalue weighted by molar-refractivity contribution is 0.0952. The molecule has 0 saturated heterocycles. The second-order valence-electron chi connectivity index (χ2n) is 7.30. The summed E-state index contributed by atoms with van der Waals surface area (Å²) in [5.41, 5.74) is 5.83. The van der Waals surface area contributed by atoms with Gasteiger partial charge in [0.05, 0.1) is 22.3 Å². The van der Waals surface area contributed by atoms with Crippen molar-refractivity contribution in [2.45, 2.75) is 33.7 Å². The van der Waals surface area contributed by atoms with E-state index >= 15 is 0 Å². The number of nitrogens with one attached hydrogen (secondary N) is 1. The number of carbonyl (C=O) groups excluding carboxylic acids is 1. The molecule has 0 saturated carbocycles. The van der Waals surface area contributed by atoms with Gasteiger partial charge in [0.1, 0.15) is 0 Å². The quantitative estimate of drug-likeness (QED) is 0.485. The molecular weight excluding hydrogens is 396 g/mol. The number of aryl methyl sites for hydroxylation is 3. The molecule has 152 valence electrons. The third-order valence-corrected chi connectivity index (χ3v) is 5.54. The zero-order valence-corrected chi connectivity index (χ0v) is 18.0. The number of hydrogen-bond acceptors (Lipinski definition) is 3. The summed E-state index contributed by atoms with van der Waals surface area (Å²) in [6.45, 7) is 6.27. The van der Waals surface area contributed by atoms with Gasteiger partial charge in [0.2, 0.25) is 0 Å². The molecular formula is C24H23ClN4O. The van der Waals surface area contributed by atoms with Gasteiger partial charge in [0.15, 0.2) is 5.65 Å². The van der Waals surface area contributed by atoms with Gasteiger partial charge >= 0.3 is 0 Å². The molecule has 0 spiro atoms. The van der Waals surface area contributed by atoms with Crippen LogP contribution in [0.4, 0.5) is 0 Å². The lowest BCUT2D eigenvalue weighted by Gasteiger charge is -2.09. The Labute approximate surface area is 180 Å². The third kappa shape index (κ3) is 3.81. The molecule has 0 aliphatic carbocycles. The number of benzene rings is 2. The van der Waals surface area contributed by atoms with E-state index in [1.54, 1.807) is 0 Å². The van der Waals surface area contributed by atoms with E-state index in [1.807, 2.05) is 61.0 Å². The van der Waals surface area contributed by atoms with Crippen LogP contribution in [0.15, 0.2) is 54.6 Å². The van der Waals surface area contributed by atoms with Crippen molar-refractivity contribution in [2.75, 3.05) is 0 Å². The summed E-state index contributed by atoms with van der Waals surface area (Å²) in [4.78, 5) is 17.7. The molecule has 1 N–H and O–H groups in total. The Morgan fingerprint density at radius 3 is 2.53 bits per heavy atom. The summed E-state index contributed by atoms with van der Waals surface area (Å²) >= 11 is 6.22. The largest absolute Gasteiger partial charge is 0.348 e. The van der Waals surface area contributed by atoms with Crippen molar-refractivity contribution in [2.24, 2.45) is 0 Å². The first-order valence-electron chi connectivity index (χ1n) is 9.95. The standard InChI is InChI=1S/C24H23ClN4O/c1-4-17-9-11-19(12-10-17)29-23-22(16(3)28-29)20(13-15(2)27-23)24(30)26-14-18-7-5-6-8-21(18)25/h5-13H,4,14H2,1-3H3,(H,26,30). The van der Waals surface area contributed by atoms with Crippen LogP contribution < -0.4 is 5.32 Å². The summed E-state index contributed by atoms with van der Waals surface area (Å²) in [7, 11) is 0. The molecule has 2 aromatic heterocycles. The monoisotopic (exact) mass is 418 g/mol. The average molecular weight is 419 g/mol. The number of nitrogens with zero attached hydrogens (tertiary/aromatic N) is 3. The molecule has 2 heterocycles. The van der Waals surface area contributed by atoms with E-state index in [0.29, 0.717) is 22.8 Å². The van der Waals surface area contributed by atoms with Gasteiger partial charge in [-0.05, 0) is 55.7 Å². The van der Waals surface area contributed by atoms with E-state index < -0.39 is 0 Å². The maximum atomic E-state index is 13.1. The molecule has 0 atom stereocenters. The molecule has 6 heteroatoms. The predicted molar refractivity (Wildman–Crippen MR) is 120 cm³/mol. The third-order valence-electron chi connectivity index (χ3n) is 5.17. The topological polar surface area (TPSA) is 59.8 Å². The van der Waals surface area contributed by atoms with Crippen LogP contribution in [0.3, 0.4) is 0 Å². The van der Waals surface area contributed by atoms with Gasteiger partial charge in [-0.2, -0.15) is 5.10 Å². The molecule has 0 radical (unpaired) electrons. The Morgan fingerprint density at radius 1 is 1.10 bits per heavy atom. The normalized spacial score (nSPS) is 11.1. The molecule has 0 aliphatic rings. The van der Waals surface area contributed by atoms with Crippen LogP contribution in [0.5, 0.6) is 0 Å². The molecule has 1 amide bonds. The summed E-state index contributed by atoms with van der Waals surface area (Å²) in [5, 5.41) is 9.06. The first-order valence-corrected chi connectivity index (χ1v) is 10.3. The Kier molecular flexibility index (Phi) is 5.55. The van der Waals surface area contributed by atoms with Crippen LogP contribution in [0.1, 0.15) is 39.8 Å². The maximum absolute atomic E-state index is 13.1. The van der Waals surface area contributed by atoms with Gasteiger partial charge in [0, 0.05) is 17.3 Å². The Balaban J connectivity index is 1.72. The highest BCUT2D eigenvalue weighted by Gasteiger charge is 2.19. The van der Waals surface area contributed by atoms with Crippen LogP contribution >= 0.6 is 11.6 Å². The molecule has 2 aromatic carbocycles. The minimum absolute atomic E-state index is 0.172. The lowest BCUT2D eigenvalue weighted by atomic mass is 10.1. The summed E-state index contributed by atoms with van der Waals surface area (Å²) in [6, 6.07) is 17.5. The highest BCUT2D eigenvalue weighted by Crippen LogP contribution is 2.25. The molecule has 0 bridgehead atoms. The number of amides is 1. The van der Waals surface area contributed by atoms with Crippen LogP contribution in [0.2, 0.25) is 5.02 Å². The Morgan fingerprint density at radius 2 is 1.83 bits per heavy atom. The molecule has 30 heavy (non-hydrogen) atoms. The van der Waals surface area contributed by atoms with Crippen molar-refractivity contribution >= 4 is 28.5 Å². The Bertz CT molecular complexity index is 1230. The molecule has 0 fully saturated rings. The first kappa shape index (κ1) is 20.1. The van der Waals surface area contributed by atoms with Crippen molar-refractivity contribution in [3.05, 3.63) is 87.7 Å². The van der Waals surface area contributed by atoms with Crippen LogP contribution in [0, 0.1) is 13.8 Å². The molecule has 4 aromatic rings. The number of rotatable bonds is 5. The van der Waals surface area contributed by atoms with Gasteiger partial charge in [-0.25, -0.2) is 9.67 Å². The van der Waals surface area contributed by atoms with Gasteiger partial charge < -0.3 is 5.32 Å². The molecule has 0 unspecified atom stereocenters. The number of halogens is 1. The van der Waals surface area contributed by atoms with Crippen molar-refractivity contribution in [3.63, 3.8) is 0 Å². The average Bonchev–Trinajstić information content (AvgIpc) is 3.08. The van der Waals surface area contributed by atoms with E-state index in [1.165, 1.54) is 5.56 Å². The second kappa shape index (κ2) is 8.28. The number of fused-ring (bicyclic) bond motifs is 1. The lowest BCUT2D eigenvalue weighted by Crippen LogP contribution is -2.23.